The van der Waals surface area contributed by atoms with E-state index >= 15 is 0 Å². The summed E-state index contributed by atoms with van der Waals surface area (Å²) in [5, 5.41) is 8.99. The van der Waals surface area contributed by atoms with Crippen molar-refractivity contribution in [3.63, 3.8) is 0 Å². The molecule has 0 radical (unpaired) electrons. The van der Waals surface area contributed by atoms with E-state index in [1.54, 1.807) is 13.8 Å². The smallest absolute Gasteiger partial charge is 0.311 e. The minimum atomic E-state index is -0.875. The lowest BCUT2D eigenvalue weighted by Crippen LogP contribution is -2.48. The number of hydrogen-bond donors (Lipinski definition) is 2. The van der Waals surface area contributed by atoms with Crippen molar-refractivity contribution < 1.29 is 19.4 Å². The Bertz CT molecular complexity index is 246. The maximum absolute atomic E-state index is 11.0. The third-order valence-electron chi connectivity index (χ3n) is 3.09. The van der Waals surface area contributed by atoms with Gasteiger partial charge in [0.25, 0.3) is 0 Å². The molecule has 0 spiro atoms. The van der Waals surface area contributed by atoms with Crippen LogP contribution in [0.2, 0.25) is 0 Å². The van der Waals surface area contributed by atoms with Crippen molar-refractivity contribution >= 4 is 5.97 Å². The van der Waals surface area contributed by atoms with Crippen molar-refractivity contribution in [1.29, 1.82) is 0 Å². The lowest BCUT2D eigenvalue weighted by Gasteiger charge is -2.38. The number of carbonyl (C=O) groups is 1. The average Bonchev–Trinajstić information content (AvgIpc) is 2.28. The first kappa shape index (κ1) is 13.4. The fourth-order valence-electron chi connectivity index (χ4n) is 1.55. The monoisotopic (exact) mass is 231 g/mol. The van der Waals surface area contributed by atoms with E-state index in [9.17, 15) is 4.79 Å². The van der Waals surface area contributed by atoms with Gasteiger partial charge >= 0.3 is 5.97 Å². The fourth-order valence-corrected chi connectivity index (χ4v) is 1.55. The van der Waals surface area contributed by atoms with Crippen molar-refractivity contribution in [2.24, 2.45) is 11.1 Å². The van der Waals surface area contributed by atoms with Gasteiger partial charge in [0, 0.05) is 32.6 Å². The molecule has 0 aromatic heterocycles. The van der Waals surface area contributed by atoms with Crippen LogP contribution in [0.5, 0.6) is 0 Å². The zero-order chi connectivity index (χ0) is 12.2. The maximum Gasteiger partial charge on any atom is 0.311 e. The molecule has 0 amide bonds. The summed E-state index contributed by atoms with van der Waals surface area (Å²) in [6.07, 6.45) is 1.47. The topological polar surface area (TPSA) is 81.8 Å². The highest BCUT2D eigenvalue weighted by molar-refractivity contribution is 5.73. The first-order valence-electron chi connectivity index (χ1n) is 5.57. The highest BCUT2D eigenvalue weighted by atomic mass is 16.5. The minimum absolute atomic E-state index is 0.180. The molecule has 1 aliphatic heterocycles. The average molecular weight is 231 g/mol. The highest BCUT2D eigenvalue weighted by Gasteiger charge is 2.36. The third-order valence-corrected chi connectivity index (χ3v) is 3.09. The van der Waals surface area contributed by atoms with E-state index in [1.807, 2.05) is 0 Å². The molecular formula is C11H21NO4. The number of hydrogen-bond acceptors (Lipinski definition) is 4. The molecule has 1 saturated heterocycles. The summed E-state index contributed by atoms with van der Waals surface area (Å²) in [5.74, 6) is -0.855. The summed E-state index contributed by atoms with van der Waals surface area (Å²) in [7, 11) is 0. The molecule has 5 heteroatoms. The highest BCUT2D eigenvalue weighted by Crippen LogP contribution is 2.27. The van der Waals surface area contributed by atoms with Crippen molar-refractivity contribution in [1.82, 2.24) is 0 Å². The second-order valence-electron chi connectivity index (χ2n) is 4.98. The van der Waals surface area contributed by atoms with Crippen molar-refractivity contribution in [3.05, 3.63) is 0 Å². The maximum atomic E-state index is 11.0. The van der Waals surface area contributed by atoms with Gasteiger partial charge in [0.1, 0.15) is 0 Å². The number of carboxylic acid groups (broad SMARTS) is 1. The van der Waals surface area contributed by atoms with Gasteiger partial charge in [-0.2, -0.15) is 0 Å². The number of ether oxygens (including phenoxy) is 2. The van der Waals surface area contributed by atoms with E-state index in [-0.39, 0.29) is 6.61 Å². The van der Waals surface area contributed by atoms with Gasteiger partial charge in [0.2, 0.25) is 0 Å². The Kier molecular flexibility index (Phi) is 4.29. The third kappa shape index (κ3) is 3.17. The Morgan fingerprint density at radius 3 is 2.50 bits per heavy atom. The van der Waals surface area contributed by atoms with Crippen LogP contribution in [0.25, 0.3) is 0 Å². The normalized spacial score (nSPS) is 20.7. The first-order chi connectivity index (χ1) is 7.42. The summed E-state index contributed by atoms with van der Waals surface area (Å²) >= 11 is 0. The number of nitrogens with two attached hydrogens (primary N) is 1. The lowest BCUT2D eigenvalue weighted by molar-refractivity contribution is -0.161. The molecule has 0 aromatic rings. The molecule has 0 aliphatic carbocycles. The Balaban J connectivity index is 2.54. The van der Waals surface area contributed by atoms with Gasteiger partial charge in [-0.25, -0.2) is 0 Å². The summed E-state index contributed by atoms with van der Waals surface area (Å²) in [4.78, 5) is 11.0. The van der Waals surface area contributed by atoms with Gasteiger partial charge in [0.15, 0.2) is 0 Å². The van der Waals surface area contributed by atoms with Crippen LogP contribution >= 0.6 is 0 Å². The second-order valence-corrected chi connectivity index (χ2v) is 4.98. The molecule has 1 fully saturated rings. The van der Waals surface area contributed by atoms with Gasteiger partial charge in [-0.3, -0.25) is 4.79 Å². The molecule has 16 heavy (non-hydrogen) atoms. The van der Waals surface area contributed by atoms with E-state index in [0.29, 0.717) is 19.8 Å². The van der Waals surface area contributed by atoms with E-state index < -0.39 is 17.0 Å². The van der Waals surface area contributed by atoms with Crippen molar-refractivity contribution in [2.45, 2.75) is 32.3 Å². The standard InChI is InChI=1S/C11H21NO4/c1-10(2,9(13)14)8-16-11(7-12)3-5-15-6-4-11/h3-8,12H2,1-2H3,(H,13,14). The van der Waals surface area contributed by atoms with E-state index in [2.05, 4.69) is 0 Å². The largest absolute Gasteiger partial charge is 0.481 e. The molecule has 0 unspecified atom stereocenters. The zero-order valence-electron chi connectivity index (χ0n) is 9.99. The van der Waals surface area contributed by atoms with Crippen molar-refractivity contribution in [2.75, 3.05) is 26.4 Å². The predicted molar refractivity (Wildman–Crippen MR) is 59.2 cm³/mol. The second kappa shape index (κ2) is 5.12. The molecular weight excluding hydrogens is 210 g/mol. The summed E-state index contributed by atoms with van der Waals surface area (Å²) in [6.45, 7) is 5.15. The van der Waals surface area contributed by atoms with Crippen LogP contribution in [0, 0.1) is 5.41 Å². The van der Waals surface area contributed by atoms with Crippen molar-refractivity contribution in [3.8, 4) is 0 Å². The molecule has 0 aromatic carbocycles. The Hall–Kier alpha value is -0.650. The predicted octanol–water partition coefficient (Wildman–Crippen LogP) is 0.622. The molecule has 0 atom stereocenters. The Labute approximate surface area is 95.9 Å². The van der Waals surface area contributed by atoms with E-state index in [0.717, 1.165) is 12.8 Å². The van der Waals surface area contributed by atoms with Gasteiger partial charge in [-0.15, -0.1) is 0 Å². The minimum Gasteiger partial charge on any atom is -0.481 e. The molecule has 1 heterocycles. The van der Waals surface area contributed by atoms with Gasteiger partial charge in [-0.1, -0.05) is 0 Å². The number of rotatable bonds is 5. The van der Waals surface area contributed by atoms with Crippen LogP contribution in [0.4, 0.5) is 0 Å². The van der Waals surface area contributed by atoms with Crippen LogP contribution in [-0.2, 0) is 14.3 Å². The molecule has 94 valence electrons. The Morgan fingerprint density at radius 1 is 1.50 bits per heavy atom. The lowest BCUT2D eigenvalue weighted by atomic mass is 9.91. The van der Waals surface area contributed by atoms with Gasteiger partial charge < -0.3 is 20.3 Å². The zero-order valence-corrected chi connectivity index (χ0v) is 9.99. The number of carboxylic acids is 1. The Morgan fingerprint density at radius 2 is 2.06 bits per heavy atom. The summed E-state index contributed by atoms with van der Waals surface area (Å²) in [6, 6.07) is 0. The fraction of sp³-hybridized carbons (Fsp3) is 0.909. The van der Waals surface area contributed by atoms with E-state index in [1.165, 1.54) is 0 Å². The van der Waals surface area contributed by atoms with Gasteiger partial charge in [-0.05, 0) is 13.8 Å². The first-order valence-corrected chi connectivity index (χ1v) is 5.57. The van der Waals surface area contributed by atoms with Crippen LogP contribution in [0.15, 0.2) is 0 Å². The van der Waals surface area contributed by atoms with Crippen LogP contribution in [0.1, 0.15) is 26.7 Å². The molecule has 5 nitrogen and oxygen atoms in total. The molecule has 3 N–H and O–H groups in total. The van der Waals surface area contributed by atoms with Crippen LogP contribution in [-0.4, -0.2) is 43.0 Å². The summed E-state index contributed by atoms with van der Waals surface area (Å²) in [5.41, 5.74) is 4.44. The number of aliphatic carboxylic acids is 1. The SMILES string of the molecule is CC(C)(COC1(CN)CCOCC1)C(=O)O. The quantitative estimate of drug-likeness (QED) is 0.725. The van der Waals surface area contributed by atoms with Crippen LogP contribution < -0.4 is 5.73 Å². The van der Waals surface area contributed by atoms with Gasteiger partial charge in [0.05, 0.1) is 17.6 Å². The summed E-state index contributed by atoms with van der Waals surface area (Å²) < 4.78 is 11.0. The molecule has 1 aliphatic rings. The molecule has 1 rings (SSSR count). The molecule has 0 bridgehead atoms. The van der Waals surface area contributed by atoms with E-state index in [4.69, 9.17) is 20.3 Å². The van der Waals surface area contributed by atoms with Crippen LogP contribution in [0.3, 0.4) is 0 Å². The molecule has 0 saturated carbocycles.